The largest absolute Gasteiger partial charge is 0.207 e. The Morgan fingerprint density at radius 3 is 2.33 bits per heavy atom. The highest BCUT2D eigenvalue weighted by Gasteiger charge is 2.02. The van der Waals surface area contributed by atoms with Gasteiger partial charge in [-0.05, 0) is 70.5 Å². The molecule has 2 aromatic carbocycles. The molecule has 0 aromatic heterocycles. The van der Waals surface area contributed by atoms with Gasteiger partial charge in [0.1, 0.15) is 5.82 Å². The Morgan fingerprint density at radius 2 is 1.67 bits per heavy atom. The van der Waals surface area contributed by atoms with Crippen molar-refractivity contribution in [1.82, 2.24) is 0 Å². The van der Waals surface area contributed by atoms with Crippen LogP contribution in [0.5, 0.6) is 0 Å². The molecule has 0 atom stereocenters. The molecule has 0 unspecified atom stereocenters. The van der Waals surface area contributed by atoms with Gasteiger partial charge in [-0.15, -0.1) is 0 Å². The van der Waals surface area contributed by atoms with Crippen LogP contribution in [-0.4, -0.2) is 0 Å². The highest BCUT2D eigenvalue weighted by atomic mass is 127. The Labute approximate surface area is 102 Å². The second kappa shape index (κ2) is 4.31. The molecule has 0 aliphatic rings. The van der Waals surface area contributed by atoms with Gasteiger partial charge in [-0.3, -0.25) is 0 Å². The number of benzene rings is 2. The molecule has 0 saturated heterocycles. The van der Waals surface area contributed by atoms with Crippen LogP contribution >= 0.6 is 22.6 Å². The number of aryl methyl sites for hydroxylation is 1. The van der Waals surface area contributed by atoms with Gasteiger partial charge in [0.25, 0.3) is 0 Å². The lowest BCUT2D eigenvalue weighted by Crippen LogP contribution is -1.85. The summed E-state index contributed by atoms with van der Waals surface area (Å²) in [5, 5.41) is 0. The third-order valence-electron chi connectivity index (χ3n) is 2.35. The van der Waals surface area contributed by atoms with Crippen LogP contribution < -0.4 is 0 Å². The van der Waals surface area contributed by atoms with Gasteiger partial charge in [-0.2, -0.15) is 0 Å². The molecule has 76 valence electrons. The van der Waals surface area contributed by atoms with Gasteiger partial charge in [-0.25, -0.2) is 4.39 Å². The monoisotopic (exact) mass is 312 g/mol. The van der Waals surface area contributed by atoms with Crippen LogP contribution in [0.1, 0.15) is 5.56 Å². The first-order valence-corrected chi connectivity index (χ1v) is 5.77. The van der Waals surface area contributed by atoms with E-state index in [0.717, 1.165) is 5.56 Å². The van der Waals surface area contributed by atoms with E-state index in [2.05, 4.69) is 47.7 Å². The van der Waals surface area contributed by atoms with Gasteiger partial charge < -0.3 is 0 Å². The van der Waals surface area contributed by atoms with Crippen molar-refractivity contribution in [2.45, 2.75) is 6.92 Å². The molecule has 0 bridgehead atoms. The summed E-state index contributed by atoms with van der Waals surface area (Å²) in [6.45, 7) is 2.06. The van der Waals surface area contributed by atoms with Crippen molar-refractivity contribution >= 4 is 22.6 Å². The van der Waals surface area contributed by atoms with E-state index in [1.165, 1.54) is 26.8 Å². The number of halogens is 2. The molecule has 0 radical (unpaired) electrons. The normalized spacial score (nSPS) is 10.3. The molecular weight excluding hydrogens is 302 g/mol. The highest BCUT2D eigenvalue weighted by molar-refractivity contribution is 14.1. The fourth-order valence-corrected chi connectivity index (χ4v) is 2.03. The summed E-state index contributed by atoms with van der Waals surface area (Å²) in [6.07, 6.45) is 0. The molecule has 0 nitrogen and oxygen atoms in total. The zero-order valence-electron chi connectivity index (χ0n) is 8.30. The van der Waals surface area contributed by atoms with Gasteiger partial charge >= 0.3 is 0 Å². The minimum Gasteiger partial charge on any atom is -0.207 e. The van der Waals surface area contributed by atoms with E-state index in [9.17, 15) is 4.39 Å². The zero-order valence-corrected chi connectivity index (χ0v) is 10.5. The van der Waals surface area contributed by atoms with Gasteiger partial charge in [0, 0.05) is 3.57 Å². The molecule has 0 N–H and O–H groups in total. The van der Waals surface area contributed by atoms with Gasteiger partial charge in [0.05, 0.1) is 0 Å². The highest BCUT2D eigenvalue weighted by Crippen LogP contribution is 2.25. The topological polar surface area (TPSA) is 0 Å². The summed E-state index contributed by atoms with van der Waals surface area (Å²) in [5.74, 6) is -0.193. The summed E-state index contributed by atoms with van der Waals surface area (Å²) in [5.41, 5.74) is 3.44. The first kappa shape index (κ1) is 10.6. The van der Waals surface area contributed by atoms with Crippen LogP contribution in [0.3, 0.4) is 0 Å². The third-order valence-corrected chi connectivity index (χ3v) is 3.03. The molecule has 0 spiro atoms. The molecule has 0 amide bonds. The van der Waals surface area contributed by atoms with Crippen molar-refractivity contribution in [3.63, 3.8) is 0 Å². The van der Waals surface area contributed by atoms with Crippen molar-refractivity contribution < 1.29 is 4.39 Å². The summed E-state index contributed by atoms with van der Waals surface area (Å²) >= 11 is 2.28. The van der Waals surface area contributed by atoms with Crippen molar-refractivity contribution in [1.29, 1.82) is 0 Å². The van der Waals surface area contributed by atoms with Crippen LogP contribution in [0.4, 0.5) is 4.39 Å². The Bertz CT molecular complexity index is 474. The minimum absolute atomic E-state index is 0.193. The van der Waals surface area contributed by atoms with Crippen LogP contribution in [0.2, 0.25) is 0 Å². The standard InChI is InChI=1S/C13H10FI/c1-9-2-7-12(15)8-13(9)10-3-5-11(14)6-4-10/h2-8H,1H3. The van der Waals surface area contributed by atoms with E-state index in [4.69, 9.17) is 0 Å². The average Bonchev–Trinajstić information content (AvgIpc) is 2.23. The fourth-order valence-electron chi connectivity index (χ4n) is 1.53. The SMILES string of the molecule is Cc1ccc(I)cc1-c1ccc(F)cc1. The van der Waals surface area contributed by atoms with Crippen molar-refractivity contribution in [2.75, 3.05) is 0 Å². The predicted octanol–water partition coefficient (Wildman–Crippen LogP) is 4.41. The first-order chi connectivity index (χ1) is 7.16. The maximum absolute atomic E-state index is 12.8. The first-order valence-electron chi connectivity index (χ1n) is 4.69. The van der Waals surface area contributed by atoms with E-state index in [-0.39, 0.29) is 5.82 Å². The van der Waals surface area contributed by atoms with Gasteiger partial charge in [0.2, 0.25) is 0 Å². The van der Waals surface area contributed by atoms with E-state index >= 15 is 0 Å². The lowest BCUT2D eigenvalue weighted by atomic mass is 10.0. The molecule has 0 aliphatic carbocycles. The Kier molecular flexibility index (Phi) is 3.05. The lowest BCUT2D eigenvalue weighted by Gasteiger charge is -2.06. The smallest absolute Gasteiger partial charge is 0.123 e. The summed E-state index contributed by atoms with van der Waals surface area (Å²) in [6, 6.07) is 12.9. The predicted molar refractivity (Wildman–Crippen MR) is 69.3 cm³/mol. The third kappa shape index (κ3) is 2.37. The molecule has 2 rings (SSSR count). The molecule has 2 heteroatoms. The zero-order chi connectivity index (χ0) is 10.8. The second-order valence-electron chi connectivity index (χ2n) is 3.47. The van der Waals surface area contributed by atoms with Crippen LogP contribution in [0.25, 0.3) is 11.1 Å². The van der Waals surface area contributed by atoms with E-state index in [1.807, 2.05) is 12.1 Å². The van der Waals surface area contributed by atoms with Crippen LogP contribution in [0, 0.1) is 16.3 Å². The Morgan fingerprint density at radius 1 is 1.00 bits per heavy atom. The van der Waals surface area contributed by atoms with Crippen molar-refractivity contribution in [3.05, 3.63) is 57.4 Å². The van der Waals surface area contributed by atoms with E-state index in [0.29, 0.717) is 0 Å². The molecule has 0 fully saturated rings. The number of rotatable bonds is 1. The van der Waals surface area contributed by atoms with Gasteiger partial charge in [0.15, 0.2) is 0 Å². The molecule has 0 aliphatic heterocycles. The molecule has 15 heavy (non-hydrogen) atoms. The fraction of sp³-hybridized carbons (Fsp3) is 0.0769. The van der Waals surface area contributed by atoms with Gasteiger partial charge in [-0.1, -0.05) is 18.2 Å². The lowest BCUT2D eigenvalue weighted by molar-refractivity contribution is 0.628. The molecule has 0 heterocycles. The maximum atomic E-state index is 12.8. The Balaban J connectivity index is 2.53. The van der Waals surface area contributed by atoms with E-state index in [1.54, 1.807) is 0 Å². The molecule has 2 aromatic rings. The minimum atomic E-state index is -0.193. The summed E-state index contributed by atoms with van der Waals surface area (Å²) in [4.78, 5) is 0. The Hall–Kier alpha value is -0.900. The molecular formula is C13H10FI. The summed E-state index contributed by atoms with van der Waals surface area (Å²) in [7, 11) is 0. The second-order valence-corrected chi connectivity index (χ2v) is 4.71. The van der Waals surface area contributed by atoms with Crippen LogP contribution in [-0.2, 0) is 0 Å². The van der Waals surface area contributed by atoms with Crippen molar-refractivity contribution in [3.8, 4) is 11.1 Å². The maximum Gasteiger partial charge on any atom is 0.123 e. The van der Waals surface area contributed by atoms with Crippen molar-refractivity contribution in [2.24, 2.45) is 0 Å². The molecule has 0 saturated carbocycles. The van der Waals surface area contributed by atoms with E-state index < -0.39 is 0 Å². The number of hydrogen-bond donors (Lipinski definition) is 0. The van der Waals surface area contributed by atoms with Crippen LogP contribution in [0.15, 0.2) is 42.5 Å². The summed E-state index contributed by atoms with van der Waals surface area (Å²) < 4.78 is 14.0. The average molecular weight is 312 g/mol. The quantitative estimate of drug-likeness (QED) is 0.685. The number of hydrogen-bond acceptors (Lipinski definition) is 0.